The average Bonchev–Trinajstić information content (AvgIpc) is 2.04. The predicted molar refractivity (Wildman–Crippen MR) is 54.9 cm³/mol. The molecule has 0 N–H and O–H groups in total. The zero-order chi connectivity index (χ0) is 12.6. The molecule has 0 unspecified atom stereocenters. The van der Waals surface area contributed by atoms with Gasteiger partial charge in [0.05, 0.1) is 16.2 Å². The Kier molecular flexibility index (Phi) is 5.93. The second-order valence-electron chi connectivity index (χ2n) is 2.83. The third-order valence-electron chi connectivity index (χ3n) is 1.43. The van der Waals surface area contributed by atoms with Crippen LogP contribution in [0.25, 0.3) is 0 Å². The van der Waals surface area contributed by atoms with Gasteiger partial charge in [-0.3, -0.25) is 0 Å². The van der Waals surface area contributed by atoms with E-state index in [-0.39, 0.29) is 40.3 Å². The van der Waals surface area contributed by atoms with E-state index in [0.29, 0.717) is 0 Å². The van der Waals surface area contributed by atoms with E-state index in [0.717, 1.165) is 24.5 Å². The molecule has 0 radical (unpaired) electrons. The van der Waals surface area contributed by atoms with E-state index in [1.165, 1.54) is 0 Å². The molecule has 0 amide bonds. The molecule has 0 aromatic heterocycles. The van der Waals surface area contributed by atoms with Crippen LogP contribution in [0.2, 0.25) is 5.02 Å². The number of hydrogen-bond acceptors (Lipinski definition) is 6. The van der Waals surface area contributed by atoms with Gasteiger partial charge in [-0.25, -0.2) is 8.42 Å². The van der Waals surface area contributed by atoms with Gasteiger partial charge in [0, 0.05) is 0 Å². The predicted octanol–water partition coefficient (Wildman–Crippen LogP) is -2.41. The third kappa shape index (κ3) is 5.56. The molecule has 17 heavy (non-hydrogen) atoms. The fourth-order valence-electron chi connectivity index (χ4n) is 0.868. The third-order valence-corrected chi connectivity index (χ3v) is 3.04. The molecule has 0 aliphatic carbocycles. The fraction of sp³-hybridized carbons (Fsp3) is 0.143. The van der Waals surface area contributed by atoms with Crippen molar-refractivity contribution < 1.29 is 55.1 Å². The van der Waals surface area contributed by atoms with Gasteiger partial charge in [0.1, 0.15) is 10.1 Å². The Hall–Kier alpha value is 0.170. The molecule has 0 atom stereocenters. The van der Waals surface area contributed by atoms with Crippen molar-refractivity contribution in [2.75, 3.05) is 6.26 Å². The first-order chi connectivity index (χ1) is 7.09. The fourth-order valence-corrected chi connectivity index (χ4v) is 2.17. The summed E-state index contributed by atoms with van der Waals surface area (Å²) in [6.07, 6.45) is 0.807. The quantitative estimate of drug-likeness (QED) is 0.350. The second-order valence-corrected chi connectivity index (χ2v) is 6.20. The summed E-state index contributed by atoms with van der Waals surface area (Å²) in [6, 6.07) is 2.73. The zero-order valence-corrected chi connectivity index (χ0v) is 13.3. The number of hydrogen-bond donors (Lipinski definition) is 0. The number of halogens is 1. The molecule has 1 aromatic carbocycles. The van der Waals surface area contributed by atoms with Crippen LogP contribution in [0.5, 0.6) is 5.75 Å². The summed E-state index contributed by atoms with van der Waals surface area (Å²) in [7, 11) is -8.39. The Labute approximate surface area is 126 Å². The van der Waals surface area contributed by atoms with E-state index < -0.39 is 25.1 Å². The first-order valence-electron chi connectivity index (χ1n) is 3.74. The molecule has 0 bridgehead atoms. The maximum Gasteiger partial charge on any atom is 1.00 e. The van der Waals surface area contributed by atoms with Gasteiger partial charge in [-0.1, -0.05) is 11.6 Å². The van der Waals surface area contributed by atoms with Gasteiger partial charge in [-0.15, -0.1) is 0 Å². The Morgan fingerprint density at radius 1 is 1.24 bits per heavy atom. The largest absolute Gasteiger partial charge is 1.00 e. The molecule has 90 valence electrons. The SMILES string of the molecule is CS(=O)(=O)Oc1ccc(S(=O)(=O)[O-])cc1Cl.[Na+]. The normalized spacial score (nSPS) is 11.7. The molecule has 0 saturated carbocycles. The van der Waals surface area contributed by atoms with Crippen LogP contribution >= 0.6 is 11.6 Å². The van der Waals surface area contributed by atoms with Crippen molar-refractivity contribution in [2.45, 2.75) is 4.90 Å². The molecule has 6 nitrogen and oxygen atoms in total. The van der Waals surface area contributed by atoms with E-state index in [1.54, 1.807) is 0 Å². The number of rotatable bonds is 3. The Balaban J connectivity index is 0.00000256. The maximum absolute atomic E-state index is 10.8. The average molecular weight is 309 g/mol. The summed E-state index contributed by atoms with van der Waals surface area (Å²) >= 11 is 5.55. The smallest absolute Gasteiger partial charge is 0.744 e. The van der Waals surface area contributed by atoms with Gasteiger partial charge in [-0.2, -0.15) is 8.42 Å². The molecule has 1 rings (SSSR count). The standard InChI is InChI=1S/C7H7ClO6S2.Na/c1-15(9,10)14-7-3-2-5(4-6(7)8)16(11,12)13;/h2-4H,1H3,(H,11,12,13);/q;+1/p-1. The van der Waals surface area contributed by atoms with Gasteiger partial charge in [0.2, 0.25) is 0 Å². The van der Waals surface area contributed by atoms with Crippen molar-refractivity contribution in [3.05, 3.63) is 23.2 Å². The van der Waals surface area contributed by atoms with Gasteiger partial charge in [-0.05, 0) is 18.2 Å². The summed E-state index contributed by atoms with van der Waals surface area (Å²) in [6.45, 7) is 0. The number of benzene rings is 1. The van der Waals surface area contributed by atoms with Crippen LogP contribution in [-0.4, -0.2) is 27.6 Å². The molecule has 0 saturated heterocycles. The first-order valence-corrected chi connectivity index (χ1v) is 7.35. The van der Waals surface area contributed by atoms with Crippen LogP contribution in [0, 0.1) is 0 Å². The van der Waals surface area contributed by atoms with Crippen molar-refractivity contribution in [2.24, 2.45) is 0 Å². The first kappa shape index (κ1) is 17.2. The Bertz CT molecular complexity index is 609. The van der Waals surface area contributed by atoms with Gasteiger partial charge in [0.15, 0.2) is 5.75 Å². The molecular formula is C7H6ClNaO6S2. The summed E-state index contributed by atoms with van der Waals surface area (Å²) in [5.41, 5.74) is 0. The molecule has 10 heteroatoms. The maximum atomic E-state index is 10.8. The van der Waals surface area contributed by atoms with E-state index in [1.807, 2.05) is 0 Å². The van der Waals surface area contributed by atoms with E-state index in [9.17, 15) is 21.4 Å². The van der Waals surface area contributed by atoms with Crippen LogP contribution in [0.1, 0.15) is 0 Å². The van der Waals surface area contributed by atoms with E-state index >= 15 is 0 Å². The van der Waals surface area contributed by atoms with Crippen molar-refractivity contribution in [3.8, 4) is 5.75 Å². The molecule has 0 spiro atoms. The molecule has 0 aliphatic heterocycles. The minimum atomic E-state index is -4.63. The summed E-state index contributed by atoms with van der Waals surface area (Å²) < 4.78 is 57.8. The summed E-state index contributed by atoms with van der Waals surface area (Å²) in [4.78, 5) is -0.557. The molecular weight excluding hydrogens is 303 g/mol. The van der Waals surface area contributed by atoms with Crippen LogP contribution < -0.4 is 33.7 Å². The Morgan fingerprint density at radius 2 is 1.76 bits per heavy atom. The van der Waals surface area contributed by atoms with Crippen molar-refractivity contribution in [1.29, 1.82) is 0 Å². The minimum Gasteiger partial charge on any atom is -0.744 e. The minimum absolute atomic E-state index is 0. The van der Waals surface area contributed by atoms with Crippen molar-refractivity contribution in [1.82, 2.24) is 0 Å². The van der Waals surface area contributed by atoms with Gasteiger partial charge in [0.25, 0.3) is 0 Å². The van der Waals surface area contributed by atoms with Crippen LogP contribution in [0.15, 0.2) is 23.1 Å². The van der Waals surface area contributed by atoms with Crippen molar-refractivity contribution >= 4 is 31.8 Å². The van der Waals surface area contributed by atoms with Gasteiger partial charge < -0.3 is 8.74 Å². The van der Waals surface area contributed by atoms with Crippen molar-refractivity contribution in [3.63, 3.8) is 0 Å². The Morgan fingerprint density at radius 3 is 2.12 bits per heavy atom. The van der Waals surface area contributed by atoms with Crippen LogP contribution in [0.4, 0.5) is 0 Å². The molecule has 0 aliphatic rings. The molecule has 0 fully saturated rings. The molecule has 1 aromatic rings. The topological polar surface area (TPSA) is 101 Å². The zero-order valence-electron chi connectivity index (χ0n) is 8.88. The monoisotopic (exact) mass is 308 g/mol. The van der Waals surface area contributed by atoms with Gasteiger partial charge >= 0.3 is 39.7 Å². The summed E-state index contributed by atoms with van der Waals surface area (Å²) in [5, 5.41) is -0.276. The van der Waals surface area contributed by atoms with Crippen LogP contribution in [-0.2, 0) is 20.2 Å². The van der Waals surface area contributed by atoms with E-state index in [4.69, 9.17) is 11.6 Å². The van der Waals surface area contributed by atoms with E-state index in [2.05, 4.69) is 4.18 Å². The second kappa shape index (κ2) is 5.87. The summed E-state index contributed by atoms with van der Waals surface area (Å²) in [5.74, 6) is -0.239. The molecule has 0 heterocycles. The van der Waals surface area contributed by atoms with Crippen LogP contribution in [0.3, 0.4) is 0 Å².